The molecular formula is C20H19FN4O2. The lowest BCUT2D eigenvalue weighted by atomic mass is 10.2. The first-order valence-corrected chi connectivity index (χ1v) is 8.33. The zero-order chi connectivity index (χ0) is 19.2. The molecule has 7 heteroatoms. The lowest BCUT2D eigenvalue weighted by Gasteiger charge is -2.10. The molecule has 0 aliphatic carbocycles. The summed E-state index contributed by atoms with van der Waals surface area (Å²) in [6.07, 6.45) is 0. The summed E-state index contributed by atoms with van der Waals surface area (Å²) in [5.74, 6) is 1.03. The molecule has 0 unspecified atom stereocenters. The van der Waals surface area contributed by atoms with Gasteiger partial charge >= 0.3 is 0 Å². The van der Waals surface area contributed by atoms with Crippen LogP contribution in [0.1, 0.15) is 21.9 Å². The maximum Gasteiger partial charge on any atom is 0.270 e. The molecule has 2 aromatic carbocycles. The van der Waals surface area contributed by atoms with E-state index in [-0.39, 0.29) is 24.0 Å². The number of nitrogens with zero attached hydrogens (tertiary/aromatic N) is 2. The van der Waals surface area contributed by atoms with Crippen molar-refractivity contribution < 1.29 is 13.9 Å². The predicted octanol–water partition coefficient (Wildman–Crippen LogP) is 3.61. The van der Waals surface area contributed by atoms with E-state index in [1.807, 2.05) is 24.3 Å². The Hall–Kier alpha value is -3.48. The highest BCUT2D eigenvalue weighted by atomic mass is 19.1. The number of methoxy groups -OCH3 is 1. The summed E-state index contributed by atoms with van der Waals surface area (Å²) in [6, 6.07) is 14.9. The standard InChI is InChI=1S/C20H19FN4O2/c1-13-23-18(20(26)22-12-14-6-8-15(21)9-7-14)11-19(24-13)25-16-4-3-5-17(10-16)27-2/h3-11H,12H2,1-2H3,(H,22,26)(H,23,24,25). The first-order valence-electron chi connectivity index (χ1n) is 8.33. The molecule has 3 aromatic rings. The normalized spacial score (nSPS) is 10.3. The lowest BCUT2D eigenvalue weighted by molar-refractivity contribution is 0.0945. The second-order valence-corrected chi connectivity index (χ2v) is 5.85. The molecular weight excluding hydrogens is 347 g/mol. The Morgan fingerprint density at radius 3 is 2.63 bits per heavy atom. The van der Waals surface area contributed by atoms with Gasteiger partial charge in [0, 0.05) is 24.4 Å². The Kier molecular flexibility index (Phi) is 5.61. The van der Waals surface area contributed by atoms with Crippen LogP contribution < -0.4 is 15.4 Å². The van der Waals surface area contributed by atoms with Gasteiger partial charge in [0.25, 0.3) is 5.91 Å². The molecule has 1 amide bonds. The molecule has 6 nitrogen and oxygen atoms in total. The van der Waals surface area contributed by atoms with Crippen molar-refractivity contribution in [3.63, 3.8) is 0 Å². The molecule has 0 aliphatic rings. The van der Waals surface area contributed by atoms with Gasteiger partial charge in [0.15, 0.2) is 0 Å². The second-order valence-electron chi connectivity index (χ2n) is 5.85. The number of hydrogen-bond donors (Lipinski definition) is 2. The number of ether oxygens (including phenoxy) is 1. The van der Waals surface area contributed by atoms with Gasteiger partial charge in [-0.05, 0) is 36.8 Å². The Bertz CT molecular complexity index is 945. The van der Waals surface area contributed by atoms with Gasteiger partial charge in [-0.3, -0.25) is 4.79 Å². The van der Waals surface area contributed by atoms with Crippen molar-refractivity contribution in [1.29, 1.82) is 0 Å². The van der Waals surface area contributed by atoms with Gasteiger partial charge in [-0.25, -0.2) is 14.4 Å². The van der Waals surface area contributed by atoms with Crippen molar-refractivity contribution in [2.75, 3.05) is 12.4 Å². The quantitative estimate of drug-likeness (QED) is 0.697. The van der Waals surface area contributed by atoms with Crippen molar-refractivity contribution in [2.45, 2.75) is 13.5 Å². The Morgan fingerprint density at radius 2 is 1.89 bits per heavy atom. The molecule has 3 rings (SSSR count). The van der Waals surface area contributed by atoms with Crippen LogP contribution in [0.25, 0.3) is 0 Å². The second kappa shape index (κ2) is 8.27. The number of hydrogen-bond acceptors (Lipinski definition) is 5. The van der Waals surface area contributed by atoms with Crippen LogP contribution in [0, 0.1) is 12.7 Å². The van der Waals surface area contributed by atoms with E-state index in [1.165, 1.54) is 12.1 Å². The third-order valence-corrected chi connectivity index (χ3v) is 3.78. The smallest absolute Gasteiger partial charge is 0.270 e. The summed E-state index contributed by atoms with van der Waals surface area (Å²) < 4.78 is 18.1. The number of benzene rings is 2. The minimum absolute atomic E-state index is 0.245. The van der Waals surface area contributed by atoms with Gasteiger partial charge in [0.05, 0.1) is 7.11 Å². The van der Waals surface area contributed by atoms with E-state index >= 15 is 0 Å². The van der Waals surface area contributed by atoms with E-state index in [1.54, 1.807) is 32.2 Å². The third kappa shape index (κ3) is 5.01. The van der Waals surface area contributed by atoms with E-state index in [4.69, 9.17) is 4.74 Å². The molecule has 0 saturated heterocycles. The zero-order valence-corrected chi connectivity index (χ0v) is 15.0. The number of aromatic nitrogens is 2. The highest BCUT2D eigenvalue weighted by molar-refractivity contribution is 5.93. The van der Waals surface area contributed by atoms with E-state index in [0.29, 0.717) is 17.4 Å². The third-order valence-electron chi connectivity index (χ3n) is 3.78. The first-order chi connectivity index (χ1) is 13.0. The summed E-state index contributed by atoms with van der Waals surface area (Å²) in [7, 11) is 1.59. The van der Waals surface area contributed by atoms with Crippen LogP contribution in [-0.2, 0) is 6.54 Å². The molecule has 0 fully saturated rings. The maximum absolute atomic E-state index is 12.9. The highest BCUT2D eigenvalue weighted by Crippen LogP contribution is 2.20. The average molecular weight is 366 g/mol. The summed E-state index contributed by atoms with van der Waals surface area (Å²) in [5.41, 5.74) is 1.82. The fourth-order valence-electron chi connectivity index (χ4n) is 2.47. The topological polar surface area (TPSA) is 76.1 Å². The number of aryl methyl sites for hydroxylation is 1. The van der Waals surface area contributed by atoms with Gasteiger partial charge in [-0.2, -0.15) is 0 Å². The van der Waals surface area contributed by atoms with E-state index < -0.39 is 0 Å². The molecule has 0 radical (unpaired) electrons. The van der Waals surface area contributed by atoms with Gasteiger partial charge in [-0.15, -0.1) is 0 Å². The SMILES string of the molecule is COc1cccc(Nc2cc(C(=O)NCc3ccc(F)cc3)nc(C)n2)c1. The number of carbonyl (C=O) groups is 1. The Morgan fingerprint density at radius 1 is 1.11 bits per heavy atom. The summed E-state index contributed by atoms with van der Waals surface area (Å²) in [6.45, 7) is 1.99. The van der Waals surface area contributed by atoms with Crippen LogP contribution in [0.4, 0.5) is 15.9 Å². The molecule has 27 heavy (non-hydrogen) atoms. The van der Waals surface area contributed by atoms with Crippen molar-refractivity contribution in [3.05, 3.63) is 77.5 Å². The van der Waals surface area contributed by atoms with Crippen LogP contribution in [0.2, 0.25) is 0 Å². The number of carbonyl (C=O) groups excluding carboxylic acids is 1. The lowest BCUT2D eigenvalue weighted by Crippen LogP contribution is -2.24. The van der Waals surface area contributed by atoms with Crippen LogP contribution in [0.15, 0.2) is 54.6 Å². The summed E-state index contributed by atoms with van der Waals surface area (Å²) in [5, 5.41) is 5.91. The van der Waals surface area contributed by atoms with Gasteiger partial charge in [-0.1, -0.05) is 18.2 Å². The number of rotatable bonds is 6. The molecule has 1 aromatic heterocycles. The molecule has 0 atom stereocenters. The van der Waals surface area contributed by atoms with Crippen molar-refractivity contribution in [3.8, 4) is 5.75 Å². The summed E-state index contributed by atoms with van der Waals surface area (Å²) >= 11 is 0. The molecule has 0 aliphatic heterocycles. The van der Waals surface area contributed by atoms with Crippen LogP contribution >= 0.6 is 0 Å². The highest BCUT2D eigenvalue weighted by Gasteiger charge is 2.11. The average Bonchev–Trinajstić information content (AvgIpc) is 2.67. The van der Waals surface area contributed by atoms with Crippen LogP contribution in [-0.4, -0.2) is 23.0 Å². The van der Waals surface area contributed by atoms with Crippen molar-refractivity contribution in [2.24, 2.45) is 0 Å². The largest absolute Gasteiger partial charge is 0.497 e. The van der Waals surface area contributed by atoms with Gasteiger partial charge in [0.2, 0.25) is 0 Å². The van der Waals surface area contributed by atoms with E-state index in [2.05, 4.69) is 20.6 Å². The zero-order valence-electron chi connectivity index (χ0n) is 15.0. The van der Waals surface area contributed by atoms with Gasteiger partial charge in [0.1, 0.15) is 28.9 Å². The van der Waals surface area contributed by atoms with Crippen LogP contribution in [0.5, 0.6) is 5.75 Å². The fourth-order valence-corrected chi connectivity index (χ4v) is 2.47. The van der Waals surface area contributed by atoms with Crippen molar-refractivity contribution >= 4 is 17.4 Å². The number of halogens is 1. The maximum atomic E-state index is 12.9. The number of anilines is 2. The van der Waals surface area contributed by atoms with Gasteiger partial charge < -0.3 is 15.4 Å². The minimum Gasteiger partial charge on any atom is -0.497 e. The molecule has 0 saturated carbocycles. The molecule has 0 bridgehead atoms. The Labute approximate surface area is 156 Å². The Balaban J connectivity index is 1.71. The number of amides is 1. The molecule has 0 spiro atoms. The number of nitrogens with one attached hydrogen (secondary N) is 2. The first kappa shape index (κ1) is 18.3. The monoisotopic (exact) mass is 366 g/mol. The minimum atomic E-state index is -0.335. The van der Waals surface area contributed by atoms with E-state index in [9.17, 15) is 9.18 Å². The van der Waals surface area contributed by atoms with Crippen molar-refractivity contribution in [1.82, 2.24) is 15.3 Å². The molecule has 1 heterocycles. The summed E-state index contributed by atoms with van der Waals surface area (Å²) in [4.78, 5) is 20.9. The predicted molar refractivity (Wildman–Crippen MR) is 101 cm³/mol. The molecule has 138 valence electrons. The van der Waals surface area contributed by atoms with E-state index in [0.717, 1.165) is 11.3 Å². The fraction of sp³-hybridized carbons (Fsp3) is 0.150. The van der Waals surface area contributed by atoms with Crippen LogP contribution in [0.3, 0.4) is 0 Å². The molecule has 2 N–H and O–H groups in total.